The Morgan fingerprint density at radius 2 is 2.17 bits per heavy atom. The number of hydrogen-bond acceptors (Lipinski definition) is 2. The van der Waals surface area contributed by atoms with Crippen molar-refractivity contribution in [2.75, 3.05) is 5.33 Å². The number of rotatable bonds is 3. The average molecular weight is 370 g/mol. The third-order valence-electron chi connectivity index (χ3n) is 4.16. The fourth-order valence-corrected chi connectivity index (χ4v) is 3.02. The number of aromatic nitrogens is 1. The first kappa shape index (κ1) is 16.0. The number of pyridine rings is 1. The predicted molar refractivity (Wildman–Crippen MR) is 99.8 cm³/mol. The zero-order valence-electron chi connectivity index (χ0n) is 13.5. The molecule has 2 nitrogen and oxygen atoms in total. The molecule has 0 amide bonds. The highest BCUT2D eigenvalue weighted by Gasteiger charge is 2.20. The summed E-state index contributed by atoms with van der Waals surface area (Å²) in [6.07, 6.45) is 7.21. The number of ether oxygens (including phenoxy) is 1. The van der Waals surface area contributed by atoms with Gasteiger partial charge in [-0.2, -0.15) is 0 Å². The Kier molecular flexibility index (Phi) is 4.97. The Hall–Kier alpha value is -1.87. The van der Waals surface area contributed by atoms with E-state index in [4.69, 9.17) is 4.74 Å². The minimum Gasteiger partial charge on any atom is -0.487 e. The van der Waals surface area contributed by atoms with Crippen molar-refractivity contribution < 1.29 is 4.74 Å². The van der Waals surface area contributed by atoms with Gasteiger partial charge in [0.05, 0.1) is 5.69 Å². The number of halogens is 1. The van der Waals surface area contributed by atoms with Crippen LogP contribution in [0, 0.1) is 0 Å². The molecule has 1 aliphatic rings. The van der Waals surface area contributed by atoms with Crippen molar-refractivity contribution in [2.45, 2.75) is 26.9 Å². The number of hydrogen-bond donors (Lipinski definition) is 0. The van der Waals surface area contributed by atoms with E-state index in [9.17, 15) is 0 Å². The monoisotopic (exact) mass is 369 g/mol. The molecule has 1 aromatic carbocycles. The Bertz CT molecular complexity index is 777. The normalized spacial score (nSPS) is 15.6. The smallest absolute Gasteiger partial charge is 0.131 e. The van der Waals surface area contributed by atoms with Crippen LogP contribution in [0.4, 0.5) is 0 Å². The van der Waals surface area contributed by atoms with Gasteiger partial charge in [-0.15, -0.1) is 0 Å². The first-order valence-corrected chi connectivity index (χ1v) is 8.97. The highest BCUT2D eigenvalue weighted by atomic mass is 79.9. The summed E-state index contributed by atoms with van der Waals surface area (Å²) in [4.78, 5) is 4.51. The predicted octanol–water partition coefficient (Wildman–Crippen LogP) is 5.61. The van der Waals surface area contributed by atoms with Crippen LogP contribution in [0.3, 0.4) is 0 Å². The van der Waals surface area contributed by atoms with Gasteiger partial charge in [0.2, 0.25) is 0 Å². The fraction of sp³-hybridized carbons (Fsp3) is 0.250. The molecule has 2 aromatic rings. The lowest BCUT2D eigenvalue weighted by Crippen LogP contribution is -1.98. The van der Waals surface area contributed by atoms with Crippen molar-refractivity contribution in [2.24, 2.45) is 0 Å². The number of nitrogens with zero attached hydrogens (tertiary/aromatic N) is 1. The number of alkyl halides is 1. The molecule has 0 N–H and O–H groups in total. The van der Waals surface area contributed by atoms with Crippen molar-refractivity contribution in [1.29, 1.82) is 0 Å². The topological polar surface area (TPSA) is 22.1 Å². The summed E-state index contributed by atoms with van der Waals surface area (Å²) in [6, 6.07) is 10.6. The molecule has 23 heavy (non-hydrogen) atoms. The van der Waals surface area contributed by atoms with Gasteiger partial charge in [-0.05, 0) is 55.2 Å². The second kappa shape index (κ2) is 7.14. The van der Waals surface area contributed by atoms with Gasteiger partial charge >= 0.3 is 0 Å². The molecule has 0 saturated carbocycles. The van der Waals surface area contributed by atoms with E-state index in [1.54, 1.807) is 0 Å². The zero-order valence-corrected chi connectivity index (χ0v) is 15.1. The maximum Gasteiger partial charge on any atom is 0.131 e. The van der Waals surface area contributed by atoms with Gasteiger partial charge in [0, 0.05) is 22.7 Å². The summed E-state index contributed by atoms with van der Waals surface area (Å²) < 4.78 is 6.02. The summed E-state index contributed by atoms with van der Waals surface area (Å²) >= 11 is 3.52. The van der Waals surface area contributed by atoms with Crippen LogP contribution in [-0.4, -0.2) is 10.3 Å². The van der Waals surface area contributed by atoms with Crippen molar-refractivity contribution in [1.82, 2.24) is 4.98 Å². The van der Waals surface area contributed by atoms with Gasteiger partial charge in [-0.25, -0.2) is 0 Å². The van der Waals surface area contributed by atoms with Crippen LogP contribution in [0.25, 0.3) is 11.1 Å². The van der Waals surface area contributed by atoms with Crippen LogP contribution in [0.2, 0.25) is 0 Å². The van der Waals surface area contributed by atoms with E-state index in [1.165, 1.54) is 22.3 Å². The van der Waals surface area contributed by atoms with Crippen LogP contribution in [0.15, 0.2) is 48.7 Å². The second-order valence-electron chi connectivity index (χ2n) is 5.56. The third-order valence-corrected chi connectivity index (χ3v) is 4.62. The maximum atomic E-state index is 6.02. The van der Waals surface area contributed by atoms with E-state index in [-0.39, 0.29) is 0 Å². The minimum absolute atomic E-state index is 0.511. The van der Waals surface area contributed by atoms with Crippen molar-refractivity contribution in [3.05, 3.63) is 71.1 Å². The van der Waals surface area contributed by atoms with E-state index in [0.29, 0.717) is 6.61 Å². The summed E-state index contributed by atoms with van der Waals surface area (Å²) in [5.41, 5.74) is 7.02. The molecule has 118 valence electrons. The molecule has 0 saturated heterocycles. The molecule has 1 aliphatic heterocycles. The lowest BCUT2D eigenvalue weighted by atomic mass is 9.93. The number of allylic oxidation sites excluding steroid dienone is 3. The quantitative estimate of drug-likeness (QED) is 0.655. The molecule has 0 spiro atoms. The summed E-state index contributed by atoms with van der Waals surface area (Å²) in [5, 5.41) is 0.940. The Morgan fingerprint density at radius 3 is 2.96 bits per heavy atom. The summed E-state index contributed by atoms with van der Waals surface area (Å²) in [6.45, 7) is 4.71. The second-order valence-corrected chi connectivity index (χ2v) is 6.36. The first-order chi connectivity index (χ1) is 11.2. The molecule has 2 heterocycles. The number of fused-ring (bicyclic) bond motifs is 2. The van der Waals surface area contributed by atoms with Gasteiger partial charge in [0.25, 0.3) is 0 Å². The molecular weight excluding hydrogens is 350 g/mol. The molecule has 0 atom stereocenters. The molecule has 0 fully saturated rings. The Morgan fingerprint density at radius 1 is 1.30 bits per heavy atom. The van der Waals surface area contributed by atoms with Gasteiger partial charge in [-0.3, -0.25) is 4.98 Å². The molecule has 3 heteroatoms. The van der Waals surface area contributed by atoms with Gasteiger partial charge < -0.3 is 4.74 Å². The van der Waals surface area contributed by atoms with Gasteiger partial charge in [0.1, 0.15) is 12.4 Å². The molecule has 1 aromatic heterocycles. The van der Waals surface area contributed by atoms with Gasteiger partial charge in [-0.1, -0.05) is 40.2 Å². The van der Waals surface area contributed by atoms with E-state index in [2.05, 4.69) is 71.2 Å². The van der Waals surface area contributed by atoms with E-state index < -0.39 is 0 Å². The highest BCUT2D eigenvalue weighted by molar-refractivity contribution is 9.09. The lowest BCUT2D eigenvalue weighted by molar-refractivity contribution is 0.302. The van der Waals surface area contributed by atoms with Crippen molar-refractivity contribution >= 4 is 27.1 Å². The Balaban J connectivity index is 2.20. The van der Waals surface area contributed by atoms with E-state index in [0.717, 1.165) is 28.8 Å². The zero-order chi connectivity index (χ0) is 16.2. The highest BCUT2D eigenvalue weighted by Crippen LogP contribution is 2.37. The summed E-state index contributed by atoms with van der Waals surface area (Å²) in [5.74, 6) is 0.927. The van der Waals surface area contributed by atoms with Crippen LogP contribution < -0.4 is 4.74 Å². The van der Waals surface area contributed by atoms with E-state index in [1.807, 2.05) is 12.3 Å². The van der Waals surface area contributed by atoms with Crippen LogP contribution in [0.1, 0.15) is 42.7 Å². The first-order valence-electron chi connectivity index (χ1n) is 7.85. The van der Waals surface area contributed by atoms with Crippen molar-refractivity contribution in [3.8, 4) is 5.75 Å². The maximum absolute atomic E-state index is 6.02. The average Bonchev–Trinajstić information content (AvgIpc) is 2.75. The summed E-state index contributed by atoms with van der Waals surface area (Å²) in [7, 11) is 0. The molecule has 0 aliphatic carbocycles. The van der Waals surface area contributed by atoms with Gasteiger partial charge in [0.15, 0.2) is 0 Å². The van der Waals surface area contributed by atoms with E-state index >= 15 is 0 Å². The minimum atomic E-state index is 0.511. The molecule has 0 unspecified atom stereocenters. The lowest BCUT2D eigenvalue weighted by Gasteiger charge is -2.12. The third kappa shape index (κ3) is 3.25. The van der Waals surface area contributed by atoms with Crippen LogP contribution in [0.5, 0.6) is 5.75 Å². The molecule has 0 radical (unpaired) electrons. The molecule has 0 bridgehead atoms. The Labute approximate surface area is 146 Å². The largest absolute Gasteiger partial charge is 0.487 e. The number of benzene rings is 1. The fourth-order valence-electron chi connectivity index (χ4n) is 2.79. The molecular formula is C20H20BrNO. The van der Waals surface area contributed by atoms with Crippen LogP contribution in [-0.2, 0) is 6.61 Å². The SMILES string of the molecule is CC=C(C)c1ccc2c(c1)/C(=C/CCBr)c1cccnc1CO2. The standard InChI is InChI=1S/C20H20BrNO/c1-3-14(2)15-8-9-20-18(12-15)16(6-4-10-21)17-7-5-11-22-19(17)13-23-20/h3,5-9,11-12H,4,10,13H2,1-2H3/b14-3?,16-6+. The molecule has 3 rings (SSSR count). The van der Waals surface area contributed by atoms with Crippen LogP contribution >= 0.6 is 15.9 Å². The van der Waals surface area contributed by atoms with Crippen molar-refractivity contribution in [3.63, 3.8) is 0 Å².